The summed E-state index contributed by atoms with van der Waals surface area (Å²) in [5.74, 6) is -2.84. The number of anilines is 2. The van der Waals surface area contributed by atoms with Crippen molar-refractivity contribution in [2.24, 2.45) is 5.92 Å². The van der Waals surface area contributed by atoms with Crippen LogP contribution >= 0.6 is 0 Å². The number of carbonyl (C=O) groups is 3. The van der Waals surface area contributed by atoms with Crippen LogP contribution in [0.5, 0.6) is 0 Å². The summed E-state index contributed by atoms with van der Waals surface area (Å²) in [7, 11) is 0. The molecule has 1 aromatic rings. The molecule has 2 rings (SSSR count). The van der Waals surface area contributed by atoms with E-state index in [9.17, 15) is 14.4 Å². The van der Waals surface area contributed by atoms with E-state index in [0.717, 1.165) is 24.1 Å². The van der Waals surface area contributed by atoms with Gasteiger partial charge >= 0.3 is 5.97 Å². The molecule has 0 aromatic heterocycles. The second-order valence-corrected chi connectivity index (χ2v) is 4.82. The summed E-state index contributed by atoms with van der Waals surface area (Å²) in [4.78, 5) is 33.8. The van der Waals surface area contributed by atoms with Crippen molar-refractivity contribution in [1.82, 2.24) is 0 Å². The molecule has 0 saturated heterocycles. The number of carboxylic acids is 1. The smallest absolute Gasteiger partial charge is 0.315 e. The van der Waals surface area contributed by atoms with E-state index in [2.05, 4.69) is 10.6 Å². The number of nitrogens with one attached hydrogen (secondary N) is 2. The number of aryl methyl sites for hydroxylation is 1. The number of rotatable bonds is 3. The lowest BCUT2D eigenvalue weighted by Gasteiger charge is -2.12. The maximum Gasteiger partial charge on any atom is 0.315 e. The molecule has 1 heterocycles. The lowest BCUT2D eigenvalue weighted by atomic mass is 10.1. The number of amides is 2. The third-order valence-corrected chi connectivity index (χ3v) is 3.26. The van der Waals surface area contributed by atoms with Crippen molar-refractivity contribution in [2.75, 3.05) is 10.6 Å². The molecule has 1 aliphatic heterocycles. The molecule has 106 valence electrons. The van der Waals surface area contributed by atoms with Crippen LogP contribution in [0.15, 0.2) is 18.2 Å². The van der Waals surface area contributed by atoms with E-state index in [1.165, 1.54) is 6.92 Å². The normalized spacial score (nSPS) is 15.6. The average Bonchev–Trinajstić information content (AvgIpc) is 2.58. The summed E-state index contributed by atoms with van der Waals surface area (Å²) in [6.45, 7) is 1.33. The van der Waals surface area contributed by atoms with Crippen LogP contribution < -0.4 is 10.6 Å². The predicted molar refractivity (Wildman–Crippen MR) is 73.4 cm³/mol. The first kappa shape index (κ1) is 14.0. The summed E-state index contributed by atoms with van der Waals surface area (Å²) in [6, 6.07) is 5.14. The Morgan fingerprint density at radius 1 is 1.35 bits per heavy atom. The molecule has 2 amide bonds. The van der Waals surface area contributed by atoms with E-state index in [0.29, 0.717) is 12.1 Å². The van der Waals surface area contributed by atoms with Crippen LogP contribution in [0.25, 0.3) is 0 Å². The summed E-state index contributed by atoms with van der Waals surface area (Å²) in [5, 5.41) is 14.2. The maximum absolute atomic E-state index is 11.7. The van der Waals surface area contributed by atoms with Crippen LogP contribution in [0, 0.1) is 5.92 Å². The zero-order valence-corrected chi connectivity index (χ0v) is 11.1. The van der Waals surface area contributed by atoms with Crippen LogP contribution in [0.1, 0.15) is 25.3 Å². The summed E-state index contributed by atoms with van der Waals surface area (Å²) in [6.07, 6.45) is 1.97. The van der Waals surface area contributed by atoms with Crippen LogP contribution in [-0.4, -0.2) is 22.9 Å². The minimum absolute atomic E-state index is 0.0139. The van der Waals surface area contributed by atoms with Crippen molar-refractivity contribution in [1.29, 1.82) is 0 Å². The molecule has 1 atom stereocenters. The molecule has 3 N–H and O–H groups in total. The first-order chi connectivity index (χ1) is 9.47. The van der Waals surface area contributed by atoms with Gasteiger partial charge in [0.05, 0.1) is 0 Å². The Morgan fingerprint density at radius 3 is 2.80 bits per heavy atom. The minimum atomic E-state index is -1.16. The number of carboxylic acid groups (broad SMARTS) is 1. The van der Waals surface area contributed by atoms with Crippen LogP contribution in [0.2, 0.25) is 0 Å². The highest BCUT2D eigenvalue weighted by molar-refractivity contribution is 6.04. The minimum Gasteiger partial charge on any atom is -0.481 e. The molecule has 0 radical (unpaired) electrons. The molecule has 1 unspecified atom stereocenters. The molecule has 6 nitrogen and oxygen atoms in total. The molecular formula is C14H16N2O4. The number of fused-ring (bicyclic) bond motifs is 1. The molecule has 0 saturated carbocycles. The van der Waals surface area contributed by atoms with E-state index < -0.39 is 17.8 Å². The highest BCUT2D eigenvalue weighted by Gasteiger charge is 2.21. The Hall–Kier alpha value is -2.37. The molecule has 6 heteroatoms. The topological polar surface area (TPSA) is 95.5 Å². The van der Waals surface area contributed by atoms with Gasteiger partial charge < -0.3 is 15.7 Å². The van der Waals surface area contributed by atoms with Gasteiger partial charge in [0, 0.05) is 17.8 Å². The molecule has 0 fully saturated rings. The zero-order chi connectivity index (χ0) is 14.7. The number of aliphatic carboxylic acids is 1. The molecule has 1 aliphatic rings. The fraction of sp³-hybridized carbons (Fsp3) is 0.357. The van der Waals surface area contributed by atoms with Crippen molar-refractivity contribution in [3.05, 3.63) is 23.8 Å². The van der Waals surface area contributed by atoms with Crippen LogP contribution in [0.4, 0.5) is 11.4 Å². The van der Waals surface area contributed by atoms with Gasteiger partial charge in [0.25, 0.3) is 0 Å². The number of hydrogen-bond donors (Lipinski definition) is 3. The van der Waals surface area contributed by atoms with Gasteiger partial charge in [0.2, 0.25) is 11.8 Å². The second kappa shape index (κ2) is 5.73. The first-order valence-corrected chi connectivity index (χ1v) is 6.44. The molecule has 0 bridgehead atoms. The van der Waals surface area contributed by atoms with Crippen LogP contribution in [-0.2, 0) is 20.8 Å². The fourth-order valence-corrected chi connectivity index (χ4v) is 2.02. The predicted octanol–water partition coefficient (Wildman–Crippen LogP) is 1.62. The number of carbonyl (C=O) groups excluding carboxylic acids is 2. The fourth-order valence-electron chi connectivity index (χ4n) is 2.02. The molecule has 20 heavy (non-hydrogen) atoms. The monoisotopic (exact) mass is 276 g/mol. The van der Waals surface area contributed by atoms with E-state index in [1.807, 2.05) is 0 Å². The van der Waals surface area contributed by atoms with Crippen molar-refractivity contribution in [3.63, 3.8) is 0 Å². The van der Waals surface area contributed by atoms with Crippen LogP contribution in [0.3, 0.4) is 0 Å². The quantitative estimate of drug-likeness (QED) is 0.731. The molecule has 1 aromatic carbocycles. The van der Waals surface area contributed by atoms with E-state index in [-0.39, 0.29) is 5.91 Å². The van der Waals surface area contributed by atoms with E-state index >= 15 is 0 Å². The Labute approximate surface area is 116 Å². The lowest BCUT2D eigenvalue weighted by molar-refractivity contribution is -0.144. The maximum atomic E-state index is 11.7. The highest BCUT2D eigenvalue weighted by Crippen LogP contribution is 2.25. The van der Waals surface area contributed by atoms with Crippen molar-refractivity contribution in [3.8, 4) is 0 Å². The third-order valence-electron chi connectivity index (χ3n) is 3.26. The van der Waals surface area contributed by atoms with E-state index in [4.69, 9.17) is 5.11 Å². The van der Waals surface area contributed by atoms with Crippen molar-refractivity contribution < 1.29 is 19.5 Å². The molecule has 0 aliphatic carbocycles. The molecule has 0 spiro atoms. The van der Waals surface area contributed by atoms with Gasteiger partial charge in [-0.1, -0.05) is 0 Å². The average molecular weight is 276 g/mol. The zero-order valence-electron chi connectivity index (χ0n) is 11.1. The standard InChI is InChI=1S/C14H16N2O4/c1-8(14(19)20)13(18)15-10-5-6-11-9(7-10)3-2-4-12(17)16-11/h5-8H,2-4H2,1H3,(H,15,18)(H,16,17)(H,19,20). The Bertz CT molecular complexity index is 568. The van der Waals surface area contributed by atoms with Gasteiger partial charge in [-0.2, -0.15) is 0 Å². The Morgan fingerprint density at radius 2 is 2.10 bits per heavy atom. The third kappa shape index (κ3) is 3.14. The van der Waals surface area contributed by atoms with Gasteiger partial charge in [-0.05, 0) is 43.5 Å². The van der Waals surface area contributed by atoms with Gasteiger partial charge in [-0.25, -0.2) is 0 Å². The van der Waals surface area contributed by atoms with Gasteiger partial charge in [-0.15, -0.1) is 0 Å². The van der Waals surface area contributed by atoms with Gasteiger partial charge in [0.1, 0.15) is 5.92 Å². The summed E-state index contributed by atoms with van der Waals surface area (Å²) < 4.78 is 0. The van der Waals surface area contributed by atoms with Gasteiger partial charge in [-0.3, -0.25) is 14.4 Å². The SMILES string of the molecule is CC(C(=O)O)C(=O)Nc1ccc2c(c1)CCCC(=O)N2. The molecular weight excluding hydrogens is 260 g/mol. The van der Waals surface area contributed by atoms with E-state index in [1.54, 1.807) is 18.2 Å². The van der Waals surface area contributed by atoms with Crippen molar-refractivity contribution >= 4 is 29.2 Å². The second-order valence-electron chi connectivity index (χ2n) is 4.82. The number of benzene rings is 1. The Kier molecular flexibility index (Phi) is 4.02. The number of hydrogen-bond acceptors (Lipinski definition) is 3. The van der Waals surface area contributed by atoms with Crippen molar-refractivity contribution in [2.45, 2.75) is 26.2 Å². The highest BCUT2D eigenvalue weighted by atomic mass is 16.4. The van der Waals surface area contributed by atoms with Gasteiger partial charge in [0.15, 0.2) is 0 Å². The largest absolute Gasteiger partial charge is 0.481 e. The Balaban J connectivity index is 2.15. The summed E-state index contributed by atoms with van der Waals surface area (Å²) >= 11 is 0. The first-order valence-electron chi connectivity index (χ1n) is 6.44. The summed E-state index contributed by atoms with van der Waals surface area (Å²) in [5.41, 5.74) is 2.23. The lowest BCUT2D eigenvalue weighted by Crippen LogP contribution is -2.26.